The second kappa shape index (κ2) is 6.03. The molecule has 1 rings (SSSR count). The van der Waals surface area contributed by atoms with Gasteiger partial charge in [0.05, 0.1) is 12.1 Å². The molecule has 0 saturated carbocycles. The zero-order valence-electron chi connectivity index (χ0n) is 9.35. The van der Waals surface area contributed by atoms with E-state index in [9.17, 15) is 4.79 Å². The smallest absolute Gasteiger partial charge is 0.140 e. The van der Waals surface area contributed by atoms with Crippen molar-refractivity contribution in [1.29, 1.82) is 10.5 Å². The molecular weight excluding hydrogens is 236 g/mol. The summed E-state index contributed by atoms with van der Waals surface area (Å²) in [5.74, 6) is -1.39. The molecule has 0 N–H and O–H groups in total. The van der Waals surface area contributed by atoms with Gasteiger partial charge in [-0.2, -0.15) is 10.5 Å². The summed E-state index contributed by atoms with van der Waals surface area (Å²) in [6, 6.07) is 10.8. The fraction of sp³-hybridized carbons (Fsp3) is 0.308. The lowest BCUT2D eigenvalue weighted by Gasteiger charge is -2.17. The molecule has 86 valence electrons. The zero-order chi connectivity index (χ0) is 12.8. The van der Waals surface area contributed by atoms with Crippen LogP contribution in [0, 0.1) is 28.6 Å². The summed E-state index contributed by atoms with van der Waals surface area (Å²) in [7, 11) is 0. The number of benzene rings is 1. The van der Waals surface area contributed by atoms with Crippen molar-refractivity contribution in [3.63, 3.8) is 0 Å². The van der Waals surface area contributed by atoms with Crippen LogP contribution in [0.1, 0.15) is 24.8 Å². The van der Waals surface area contributed by atoms with E-state index in [2.05, 4.69) is 0 Å². The molecule has 0 aliphatic rings. The summed E-state index contributed by atoms with van der Waals surface area (Å²) in [6.07, 6.45) is 0.148. The summed E-state index contributed by atoms with van der Waals surface area (Å²) in [4.78, 5) is 11.2. The minimum absolute atomic E-state index is 0.0644. The van der Waals surface area contributed by atoms with Crippen LogP contribution >= 0.6 is 11.6 Å². The normalized spacial score (nSPS) is 11.6. The van der Waals surface area contributed by atoms with Gasteiger partial charge in [-0.15, -0.1) is 0 Å². The van der Waals surface area contributed by atoms with Gasteiger partial charge in [0.1, 0.15) is 11.7 Å². The van der Waals surface area contributed by atoms with Gasteiger partial charge < -0.3 is 4.79 Å². The second-order valence-electron chi connectivity index (χ2n) is 3.77. The molecule has 0 bridgehead atoms. The highest BCUT2D eigenvalue weighted by Gasteiger charge is 2.26. The monoisotopic (exact) mass is 246 g/mol. The van der Waals surface area contributed by atoms with E-state index in [1.165, 1.54) is 6.92 Å². The van der Waals surface area contributed by atoms with Crippen LogP contribution in [-0.4, -0.2) is 5.78 Å². The maximum Gasteiger partial charge on any atom is 0.140 e. The molecule has 4 heteroatoms. The van der Waals surface area contributed by atoms with Gasteiger partial charge in [-0.1, -0.05) is 29.8 Å². The molecular formula is C13H11ClN2O. The van der Waals surface area contributed by atoms with Gasteiger partial charge in [-0.05, 0) is 18.6 Å². The molecule has 1 unspecified atom stereocenters. The number of nitrogens with zero attached hydrogens (tertiary/aromatic N) is 2. The lowest BCUT2D eigenvalue weighted by molar-refractivity contribution is -0.117. The third-order valence-corrected chi connectivity index (χ3v) is 2.84. The molecule has 1 aromatic rings. The van der Waals surface area contributed by atoms with Crippen LogP contribution in [0.5, 0.6) is 0 Å². The molecule has 0 aliphatic carbocycles. The number of rotatable bonds is 4. The van der Waals surface area contributed by atoms with Gasteiger partial charge in [-0.25, -0.2) is 0 Å². The number of carbonyl (C=O) groups excluding carboxylic acids is 1. The summed E-state index contributed by atoms with van der Waals surface area (Å²) >= 11 is 6.03. The minimum atomic E-state index is -0.862. The highest BCUT2D eigenvalue weighted by molar-refractivity contribution is 6.31. The fourth-order valence-electron chi connectivity index (χ4n) is 1.70. The molecule has 3 nitrogen and oxygen atoms in total. The summed E-state index contributed by atoms with van der Waals surface area (Å²) < 4.78 is 0. The van der Waals surface area contributed by atoms with Crippen molar-refractivity contribution in [2.45, 2.75) is 19.3 Å². The largest absolute Gasteiger partial charge is 0.300 e. The van der Waals surface area contributed by atoms with E-state index in [0.29, 0.717) is 10.6 Å². The summed E-state index contributed by atoms with van der Waals surface area (Å²) in [5, 5.41) is 18.4. The Hall–Kier alpha value is -1.84. The maximum absolute atomic E-state index is 11.2. The maximum atomic E-state index is 11.2. The number of ketones is 1. The van der Waals surface area contributed by atoms with Crippen LogP contribution < -0.4 is 0 Å². The van der Waals surface area contributed by atoms with E-state index in [4.69, 9.17) is 22.1 Å². The number of Topliss-reactive ketones (excluding diaryl/α,β-unsaturated/α-hetero) is 1. The van der Waals surface area contributed by atoms with Crippen molar-refractivity contribution in [3.8, 4) is 12.1 Å². The Morgan fingerprint density at radius 2 is 1.94 bits per heavy atom. The van der Waals surface area contributed by atoms with Crippen molar-refractivity contribution in [3.05, 3.63) is 34.9 Å². The van der Waals surface area contributed by atoms with E-state index in [0.717, 1.165) is 0 Å². The van der Waals surface area contributed by atoms with E-state index in [1.807, 2.05) is 12.1 Å². The Kier molecular flexibility index (Phi) is 4.69. The lowest BCUT2D eigenvalue weighted by atomic mass is 9.84. The van der Waals surface area contributed by atoms with E-state index < -0.39 is 11.8 Å². The van der Waals surface area contributed by atoms with E-state index in [-0.39, 0.29) is 12.2 Å². The predicted octanol–water partition coefficient (Wildman–Crippen LogP) is 3.07. The number of halogens is 1. The van der Waals surface area contributed by atoms with Crippen LogP contribution in [-0.2, 0) is 4.79 Å². The Balaban J connectivity index is 3.16. The van der Waals surface area contributed by atoms with Crippen molar-refractivity contribution in [2.75, 3.05) is 0 Å². The fourth-order valence-corrected chi connectivity index (χ4v) is 1.98. The van der Waals surface area contributed by atoms with Crippen molar-refractivity contribution in [2.24, 2.45) is 5.92 Å². The molecule has 0 saturated heterocycles. The third-order valence-electron chi connectivity index (χ3n) is 2.49. The highest BCUT2D eigenvalue weighted by atomic mass is 35.5. The SMILES string of the molecule is CC(=O)CC(c1ccccc1Cl)C(C#N)C#N. The molecule has 0 spiro atoms. The first-order valence-electron chi connectivity index (χ1n) is 5.13. The number of nitriles is 2. The predicted molar refractivity (Wildman–Crippen MR) is 64.2 cm³/mol. The third kappa shape index (κ3) is 3.31. The van der Waals surface area contributed by atoms with Gasteiger partial charge in [0.2, 0.25) is 0 Å². The standard InChI is InChI=1S/C13H11ClN2O/c1-9(17)6-12(10(7-15)8-16)11-4-2-3-5-13(11)14/h2-5,10,12H,6H2,1H3. The van der Waals surface area contributed by atoms with Crippen LogP contribution in [0.25, 0.3) is 0 Å². The van der Waals surface area contributed by atoms with Crippen molar-refractivity contribution < 1.29 is 4.79 Å². The average Bonchev–Trinajstić information content (AvgIpc) is 2.29. The highest BCUT2D eigenvalue weighted by Crippen LogP contribution is 2.32. The quantitative estimate of drug-likeness (QED) is 0.820. The Morgan fingerprint density at radius 1 is 1.35 bits per heavy atom. The molecule has 1 aromatic carbocycles. The van der Waals surface area contributed by atoms with E-state index >= 15 is 0 Å². The van der Waals surface area contributed by atoms with Crippen LogP contribution in [0.2, 0.25) is 5.02 Å². The minimum Gasteiger partial charge on any atom is -0.300 e. The first kappa shape index (κ1) is 13.2. The average molecular weight is 247 g/mol. The molecule has 0 fully saturated rings. The Bertz CT molecular complexity index is 485. The number of hydrogen-bond donors (Lipinski definition) is 0. The molecule has 17 heavy (non-hydrogen) atoms. The first-order chi connectivity index (χ1) is 8.10. The zero-order valence-corrected chi connectivity index (χ0v) is 10.1. The van der Waals surface area contributed by atoms with Gasteiger partial charge in [0.25, 0.3) is 0 Å². The Morgan fingerprint density at radius 3 is 2.41 bits per heavy atom. The second-order valence-corrected chi connectivity index (χ2v) is 4.18. The Labute approximate surface area is 105 Å². The van der Waals surface area contributed by atoms with Crippen LogP contribution in [0.15, 0.2) is 24.3 Å². The van der Waals surface area contributed by atoms with Crippen LogP contribution in [0.4, 0.5) is 0 Å². The molecule has 1 atom stereocenters. The van der Waals surface area contributed by atoms with Gasteiger partial charge in [0.15, 0.2) is 0 Å². The topological polar surface area (TPSA) is 64.7 Å². The molecule has 0 aromatic heterocycles. The van der Waals surface area contributed by atoms with Crippen molar-refractivity contribution >= 4 is 17.4 Å². The summed E-state index contributed by atoms with van der Waals surface area (Å²) in [5.41, 5.74) is 0.678. The lowest BCUT2D eigenvalue weighted by Crippen LogP contribution is -2.13. The summed E-state index contributed by atoms with van der Waals surface area (Å²) in [6.45, 7) is 1.44. The molecule has 0 amide bonds. The molecule has 0 heterocycles. The molecule has 0 radical (unpaired) electrons. The van der Waals surface area contributed by atoms with Crippen molar-refractivity contribution in [1.82, 2.24) is 0 Å². The number of hydrogen-bond acceptors (Lipinski definition) is 3. The van der Waals surface area contributed by atoms with Gasteiger partial charge in [-0.3, -0.25) is 0 Å². The van der Waals surface area contributed by atoms with Gasteiger partial charge in [0, 0.05) is 17.4 Å². The first-order valence-corrected chi connectivity index (χ1v) is 5.51. The number of carbonyl (C=O) groups is 1. The molecule has 0 aliphatic heterocycles. The van der Waals surface area contributed by atoms with Crippen LogP contribution in [0.3, 0.4) is 0 Å². The van der Waals surface area contributed by atoms with Gasteiger partial charge >= 0.3 is 0 Å². The van der Waals surface area contributed by atoms with E-state index in [1.54, 1.807) is 24.3 Å².